The predicted molar refractivity (Wildman–Crippen MR) is 74.4 cm³/mol. The minimum Gasteiger partial charge on any atom is -0.391 e. The third kappa shape index (κ3) is 2.00. The van der Waals surface area contributed by atoms with Gasteiger partial charge in [-0.3, -0.25) is 4.90 Å². The Bertz CT molecular complexity index is 485. The van der Waals surface area contributed by atoms with E-state index in [0.29, 0.717) is 17.9 Å². The van der Waals surface area contributed by atoms with Gasteiger partial charge < -0.3 is 14.4 Å². The highest BCUT2D eigenvalue weighted by Gasteiger charge is 2.44. The van der Waals surface area contributed by atoms with Gasteiger partial charge in [0.1, 0.15) is 5.82 Å². The number of aryl methyl sites for hydroxylation is 1. The molecule has 3 fully saturated rings. The molecule has 2 saturated heterocycles. The molecule has 4 atom stereocenters. The summed E-state index contributed by atoms with van der Waals surface area (Å²) >= 11 is 0. The van der Waals surface area contributed by atoms with Crippen molar-refractivity contribution in [3.05, 3.63) is 18.2 Å². The number of ether oxygens (including phenoxy) is 1. The molecule has 1 aromatic heterocycles. The standard InChI is InChI=1S/C15H23N3O2/c1-10-16-2-3-18(10)14-4-11-6-17(13-8-20-9-13)7-12(11)5-15(14)19/h2-3,11-15,19H,4-9H2,1H3/t11-,12+,14-,15-/m0/s1. The van der Waals surface area contributed by atoms with Crippen LogP contribution in [0.5, 0.6) is 0 Å². The Morgan fingerprint density at radius 3 is 2.60 bits per heavy atom. The van der Waals surface area contributed by atoms with Gasteiger partial charge in [-0.2, -0.15) is 0 Å². The van der Waals surface area contributed by atoms with E-state index in [-0.39, 0.29) is 12.1 Å². The Kier molecular flexibility index (Phi) is 3.09. The Hall–Kier alpha value is -0.910. The molecule has 2 aliphatic heterocycles. The van der Waals surface area contributed by atoms with Crippen LogP contribution in [0.15, 0.2) is 12.4 Å². The number of imidazole rings is 1. The lowest BCUT2D eigenvalue weighted by Gasteiger charge is -2.36. The molecule has 1 N–H and O–H groups in total. The second-order valence-electron chi connectivity index (χ2n) is 6.65. The first-order valence-corrected chi connectivity index (χ1v) is 7.71. The van der Waals surface area contributed by atoms with Crippen LogP contribution in [0.3, 0.4) is 0 Å². The molecule has 4 rings (SSSR count). The third-order valence-electron chi connectivity index (χ3n) is 5.49. The van der Waals surface area contributed by atoms with Crippen molar-refractivity contribution >= 4 is 0 Å². The van der Waals surface area contributed by atoms with Crippen LogP contribution in [-0.4, -0.2) is 58.0 Å². The molecule has 0 aromatic carbocycles. The van der Waals surface area contributed by atoms with Gasteiger partial charge in [0.05, 0.1) is 31.4 Å². The summed E-state index contributed by atoms with van der Waals surface area (Å²) in [5.74, 6) is 2.38. The zero-order valence-corrected chi connectivity index (χ0v) is 12.0. The average Bonchev–Trinajstić information content (AvgIpc) is 2.91. The van der Waals surface area contributed by atoms with E-state index in [2.05, 4.69) is 14.5 Å². The van der Waals surface area contributed by atoms with E-state index >= 15 is 0 Å². The van der Waals surface area contributed by atoms with Gasteiger partial charge in [-0.25, -0.2) is 4.98 Å². The second-order valence-corrected chi connectivity index (χ2v) is 6.65. The van der Waals surface area contributed by atoms with Crippen LogP contribution in [0.25, 0.3) is 0 Å². The van der Waals surface area contributed by atoms with Crippen LogP contribution in [0.4, 0.5) is 0 Å². The highest BCUT2D eigenvalue weighted by molar-refractivity contribution is 5.01. The molecule has 1 aromatic rings. The number of aliphatic hydroxyl groups is 1. The minimum atomic E-state index is -0.234. The lowest BCUT2D eigenvalue weighted by molar-refractivity contribution is -0.0588. The van der Waals surface area contributed by atoms with E-state index in [1.54, 1.807) is 0 Å². The van der Waals surface area contributed by atoms with E-state index in [9.17, 15) is 5.11 Å². The molecule has 1 saturated carbocycles. The fraction of sp³-hybridized carbons (Fsp3) is 0.800. The Labute approximate surface area is 119 Å². The second kappa shape index (κ2) is 4.83. The van der Waals surface area contributed by atoms with E-state index in [1.165, 1.54) is 6.54 Å². The number of aliphatic hydroxyl groups excluding tert-OH is 1. The first-order chi connectivity index (χ1) is 9.72. The van der Waals surface area contributed by atoms with Crippen LogP contribution in [-0.2, 0) is 4.74 Å². The predicted octanol–water partition coefficient (Wildman–Crippen LogP) is 0.834. The summed E-state index contributed by atoms with van der Waals surface area (Å²) in [5.41, 5.74) is 0. The Morgan fingerprint density at radius 2 is 2.00 bits per heavy atom. The number of hydrogen-bond acceptors (Lipinski definition) is 4. The van der Waals surface area contributed by atoms with Crippen molar-refractivity contribution in [3.63, 3.8) is 0 Å². The highest BCUT2D eigenvalue weighted by atomic mass is 16.5. The molecule has 0 spiro atoms. The van der Waals surface area contributed by atoms with Crippen molar-refractivity contribution < 1.29 is 9.84 Å². The lowest BCUT2D eigenvalue weighted by atomic mass is 9.77. The molecule has 20 heavy (non-hydrogen) atoms. The molecule has 0 bridgehead atoms. The van der Waals surface area contributed by atoms with Crippen molar-refractivity contribution in [2.75, 3.05) is 26.3 Å². The Balaban J connectivity index is 1.49. The van der Waals surface area contributed by atoms with E-state index < -0.39 is 0 Å². The van der Waals surface area contributed by atoms with E-state index in [1.807, 2.05) is 19.3 Å². The van der Waals surface area contributed by atoms with Gasteiger partial charge in [-0.1, -0.05) is 0 Å². The van der Waals surface area contributed by atoms with Crippen LogP contribution in [0, 0.1) is 18.8 Å². The fourth-order valence-electron chi connectivity index (χ4n) is 4.21. The van der Waals surface area contributed by atoms with Crippen LogP contribution >= 0.6 is 0 Å². The number of nitrogens with zero attached hydrogens (tertiary/aromatic N) is 3. The zero-order valence-electron chi connectivity index (χ0n) is 12.0. The van der Waals surface area contributed by atoms with Gasteiger partial charge in [-0.15, -0.1) is 0 Å². The number of fused-ring (bicyclic) bond motifs is 1. The largest absolute Gasteiger partial charge is 0.391 e. The molecule has 0 radical (unpaired) electrons. The maximum Gasteiger partial charge on any atom is 0.105 e. The maximum atomic E-state index is 10.5. The van der Waals surface area contributed by atoms with Gasteiger partial charge in [0.15, 0.2) is 0 Å². The van der Waals surface area contributed by atoms with E-state index in [0.717, 1.165) is 38.4 Å². The molecular formula is C15H23N3O2. The number of hydrogen-bond donors (Lipinski definition) is 1. The highest BCUT2D eigenvalue weighted by Crippen LogP contribution is 2.42. The van der Waals surface area contributed by atoms with Gasteiger partial charge in [0.2, 0.25) is 0 Å². The summed E-state index contributed by atoms with van der Waals surface area (Å²) in [6.45, 7) is 6.13. The van der Waals surface area contributed by atoms with E-state index in [4.69, 9.17) is 4.74 Å². The summed E-state index contributed by atoms with van der Waals surface area (Å²) in [7, 11) is 0. The van der Waals surface area contributed by atoms with Gasteiger partial charge >= 0.3 is 0 Å². The summed E-state index contributed by atoms with van der Waals surface area (Å²) < 4.78 is 7.48. The summed E-state index contributed by atoms with van der Waals surface area (Å²) in [6, 6.07) is 0.836. The molecule has 1 aliphatic carbocycles. The molecular weight excluding hydrogens is 254 g/mol. The average molecular weight is 277 g/mol. The Morgan fingerprint density at radius 1 is 1.25 bits per heavy atom. The molecule has 5 nitrogen and oxygen atoms in total. The molecule has 3 aliphatic rings. The molecule has 110 valence electrons. The SMILES string of the molecule is Cc1nccn1[C@H]1C[C@H]2CN(C3COC3)C[C@H]2C[C@@H]1O. The summed E-state index contributed by atoms with van der Waals surface area (Å²) in [4.78, 5) is 6.88. The topological polar surface area (TPSA) is 50.5 Å². The minimum absolute atomic E-state index is 0.205. The molecule has 0 unspecified atom stereocenters. The molecule has 3 heterocycles. The number of aromatic nitrogens is 2. The molecule has 5 heteroatoms. The first-order valence-electron chi connectivity index (χ1n) is 7.71. The van der Waals surface area contributed by atoms with Crippen molar-refractivity contribution in [2.45, 2.75) is 38.0 Å². The summed E-state index contributed by atoms with van der Waals surface area (Å²) in [5, 5.41) is 10.5. The van der Waals surface area contributed by atoms with Gasteiger partial charge in [0.25, 0.3) is 0 Å². The van der Waals surface area contributed by atoms with Crippen LogP contribution in [0.2, 0.25) is 0 Å². The number of rotatable bonds is 2. The van der Waals surface area contributed by atoms with Gasteiger partial charge in [0, 0.05) is 25.5 Å². The van der Waals surface area contributed by atoms with Crippen LogP contribution < -0.4 is 0 Å². The van der Waals surface area contributed by atoms with Crippen molar-refractivity contribution in [1.29, 1.82) is 0 Å². The normalized spacial score (nSPS) is 38.7. The summed E-state index contributed by atoms with van der Waals surface area (Å²) in [6.07, 6.45) is 5.61. The first kappa shape index (κ1) is 12.8. The van der Waals surface area contributed by atoms with Crippen LogP contribution in [0.1, 0.15) is 24.7 Å². The smallest absolute Gasteiger partial charge is 0.105 e. The van der Waals surface area contributed by atoms with Gasteiger partial charge in [-0.05, 0) is 31.6 Å². The van der Waals surface area contributed by atoms with Crippen molar-refractivity contribution in [2.24, 2.45) is 11.8 Å². The monoisotopic (exact) mass is 277 g/mol. The quantitative estimate of drug-likeness (QED) is 0.870. The maximum absolute atomic E-state index is 10.5. The zero-order chi connectivity index (χ0) is 13.7. The lowest BCUT2D eigenvalue weighted by Crippen LogP contribution is -2.48. The van der Waals surface area contributed by atoms with Crippen molar-refractivity contribution in [1.82, 2.24) is 14.5 Å². The molecule has 0 amide bonds. The van der Waals surface area contributed by atoms with Crippen molar-refractivity contribution in [3.8, 4) is 0 Å². The third-order valence-corrected chi connectivity index (χ3v) is 5.49. The number of likely N-dealkylation sites (tertiary alicyclic amines) is 1. The fourth-order valence-corrected chi connectivity index (χ4v) is 4.21.